The van der Waals surface area contributed by atoms with E-state index in [2.05, 4.69) is 24.3 Å². The maximum Gasteiger partial charge on any atom is 0.232 e. The summed E-state index contributed by atoms with van der Waals surface area (Å²) < 4.78 is 0. The number of piperidine rings is 1. The van der Waals surface area contributed by atoms with Crippen molar-refractivity contribution < 1.29 is 9.90 Å². The number of thioether (sulfide) groups is 1. The van der Waals surface area contributed by atoms with Crippen molar-refractivity contribution in [3.8, 4) is 0 Å². The molecule has 0 aromatic heterocycles. The molecule has 1 amide bonds. The highest BCUT2D eigenvalue weighted by atomic mass is 32.2. The lowest BCUT2D eigenvalue weighted by Gasteiger charge is -2.42. The zero-order valence-corrected chi connectivity index (χ0v) is 13.6. The zero-order valence-electron chi connectivity index (χ0n) is 12.8. The summed E-state index contributed by atoms with van der Waals surface area (Å²) in [5.74, 6) is 0.750. The van der Waals surface area contributed by atoms with Gasteiger partial charge in [-0.2, -0.15) is 11.8 Å². The molecule has 3 nitrogen and oxygen atoms in total. The average molecular weight is 307 g/mol. The first-order valence-corrected chi connectivity index (χ1v) is 9.00. The molecular formula is C17H25NO2S. The van der Waals surface area contributed by atoms with Crippen LogP contribution in [0, 0.1) is 5.41 Å². The van der Waals surface area contributed by atoms with Gasteiger partial charge in [0.25, 0.3) is 0 Å². The summed E-state index contributed by atoms with van der Waals surface area (Å²) in [5, 5.41) is 9.91. The molecule has 0 aliphatic carbocycles. The fourth-order valence-corrected chi connectivity index (χ4v) is 3.53. The van der Waals surface area contributed by atoms with Crippen molar-refractivity contribution in [1.82, 2.24) is 4.90 Å². The third kappa shape index (κ3) is 4.48. The molecule has 2 rings (SSSR count). The van der Waals surface area contributed by atoms with Crippen LogP contribution in [-0.4, -0.2) is 47.6 Å². The SMILES string of the molecule is CSCC(=O)N1CCCC(CO)(CCc2ccccc2)C1. The Bertz CT molecular complexity index is 451. The van der Waals surface area contributed by atoms with Gasteiger partial charge in [-0.15, -0.1) is 0 Å². The van der Waals surface area contributed by atoms with E-state index in [9.17, 15) is 9.90 Å². The molecule has 4 heteroatoms. The van der Waals surface area contributed by atoms with E-state index in [4.69, 9.17) is 0 Å². The van der Waals surface area contributed by atoms with Gasteiger partial charge < -0.3 is 10.0 Å². The Hall–Kier alpha value is -1.00. The maximum absolute atomic E-state index is 12.1. The molecule has 1 aromatic rings. The number of aryl methyl sites for hydroxylation is 1. The predicted molar refractivity (Wildman–Crippen MR) is 88.5 cm³/mol. The molecule has 21 heavy (non-hydrogen) atoms. The number of hydrogen-bond donors (Lipinski definition) is 1. The maximum atomic E-state index is 12.1. The van der Waals surface area contributed by atoms with Crippen molar-refractivity contribution in [2.45, 2.75) is 25.7 Å². The van der Waals surface area contributed by atoms with E-state index in [1.54, 1.807) is 11.8 Å². The molecule has 0 bridgehead atoms. The quantitative estimate of drug-likeness (QED) is 0.878. The molecule has 0 radical (unpaired) electrons. The van der Waals surface area contributed by atoms with Gasteiger partial charge in [0.1, 0.15) is 0 Å². The molecule has 0 spiro atoms. The van der Waals surface area contributed by atoms with Gasteiger partial charge in [0.2, 0.25) is 5.91 Å². The van der Waals surface area contributed by atoms with Crippen molar-refractivity contribution in [3.05, 3.63) is 35.9 Å². The Morgan fingerprint density at radius 2 is 2.14 bits per heavy atom. The number of nitrogens with zero attached hydrogens (tertiary/aromatic N) is 1. The number of hydrogen-bond acceptors (Lipinski definition) is 3. The van der Waals surface area contributed by atoms with Gasteiger partial charge in [-0.05, 0) is 37.5 Å². The lowest BCUT2D eigenvalue weighted by atomic mass is 9.76. The van der Waals surface area contributed by atoms with Crippen LogP contribution in [0.25, 0.3) is 0 Å². The van der Waals surface area contributed by atoms with Gasteiger partial charge in [-0.3, -0.25) is 4.79 Å². The predicted octanol–water partition coefficient (Wildman–Crippen LogP) is 2.58. The summed E-state index contributed by atoms with van der Waals surface area (Å²) >= 11 is 1.57. The van der Waals surface area contributed by atoms with Crippen LogP contribution in [0.1, 0.15) is 24.8 Å². The van der Waals surface area contributed by atoms with E-state index in [-0.39, 0.29) is 17.9 Å². The van der Waals surface area contributed by atoms with Crippen LogP contribution in [0.2, 0.25) is 0 Å². The zero-order chi connectivity index (χ0) is 15.1. The fraction of sp³-hybridized carbons (Fsp3) is 0.588. The molecule has 1 unspecified atom stereocenters. The third-order valence-corrected chi connectivity index (χ3v) is 4.94. The molecule has 0 saturated carbocycles. The standard InChI is InChI=1S/C17H25NO2S/c1-21-12-16(20)18-11-5-9-17(13-18,14-19)10-8-15-6-3-2-4-7-15/h2-4,6-7,19H,5,8-14H2,1H3. The summed E-state index contributed by atoms with van der Waals surface area (Å²) in [4.78, 5) is 14.0. The number of amides is 1. The molecule has 1 aliphatic rings. The minimum Gasteiger partial charge on any atom is -0.396 e. The Labute approximate surface area is 131 Å². The van der Waals surface area contributed by atoms with E-state index in [1.165, 1.54) is 5.56 Å². The van der Waals surface area contributed by atoms with E-state index < -0.39 is 0 Å². The first kappa shape index (κ1) is 16.4. The van der Waals surface area contributed by atoms with Crippen molar-refractivity contribution >= 4 is 17.7 Å². The van der Waals surface area contributed by atoms with Gasteiger partial charge in [-0.1, -0.05) is 30.3 Å². The lowest BCUT2D eigenvalue weighted by molar-refractivity contribution is -0.132. The summed E-state index contributed by atoms with van der Waals surface area (Å²) in [5.41, 5.74) is 1.18. The van der Waals surface area contributed by atoms with Crippen molar-refractivity contribution in [2.24, 2.45) is 5.41 Å². The highest BCUT2D eigenvalue weighted by Gasteiger charge is 2.36. The van der Waals surface area contributed by atoms with Gasteiger partial charge in [0, 0.05) is 18.5 Å². The molecule has 1 N–H and O–H groups in total. The van der Waals surface area contributed by atoms with Crippen LogP contribution in [0.5, 0.6) is 0 Å². The van der Waals surface area contributed by atoms with E-state index in [1.807, 2.05) is 17.2 Å². The van der Waals surface area contributed by atoms with Crippen molar-refractivity contribution in [1.29, 1.82) is 0 Å². The first-order valence-electron chi connectivity index (χ1n) is 7.61. The number of aliphatic hydroxyl groups is 1. The topological polar surface area (TPSA) is 40.5 Å². The number of carbonyl (C=O) groups is 1. The van der Waals surface area contributed by atoms with Crippen LogP contribution in [-0.2, 0) is 11.2 Å². The number of aliphatic hydroxyl groups excluding tert-OH is 1. The van der Waals surface area contributed by atoms with Crippen molar-refractivity contribution in [2.75, 3.05) is 31.7 Å². The second-order valence-corrected chi connectivity index (χ2v) is 6.86. The van der Waals surface area contributed by atoms with Gasteiger partial charge in [-0.25, -0.2) is 0 Å². The monoisotopic (exact) mass is 307 g/mol. The van der Waals surface area contributed by atoms with Crippen molar-refractivity contribution in [3.63, 3.8) is 0 Å². The highest BCUT2D eigenvalue weighted by Crippen LogP contribution is 2.34. The number of likely N-dealkylation sites (tertiary alicyclic amines) is 1. The van der Waals surface area contributed by atoms with Gasteiger partial charge in [0.05, 0.1) is 12.4 Å². The van der Waals surface area contributed by atoms with E-state index in [0.717, 1.165) is 32.2 Å². The molecule has 1 fully saturated rings. The van der Waals surface area contributed by atoms with Crippen LogP contribution in [0.4, 0.5) is 0 Å². The molecule has 1 heterocycles. The lowest BCUT2D eigenvalue weighted by Crippen LogP contribution is -2.48. The summed E-state index contributed by atoms with van der Waals surface area (Å²) in [6, 6.07) is 10.4. The third-order valence-electron chi connectivity index (χ3n) is 4.40. The van der Waals surface area contributed by atoms with Crippen LogP contribution < -0.4 is 0 Å². The average Bonchev–Trinajstić information content (AvgIpc) is 2.54. The number of benzene rings is 1. The second-order valence-electron chi connectivity index (χ2n) is 6.00. The molecule has 116 valence electrons. The van der Waals surface area contributed by atoms with Crippen LogP contribution >= 0.6 is 11.8 Å². The van der Waals surface area contributed by atoms with E-state index >= 15 is 0 Å². The molecular weight excluding hydrogens is 282 g/mol. The smallest absolute Gasteiger partial charge is 0.232 e. The first-order chi connectivity index (χ1) is 10.2. The minimum atomic E-state index is -0.123. The normalized spacial score (nSPS) is 22.3. The summed E-state index contributed by atoms with van der Waals surface area (Å²) in [6.07, 6.45) is 5.87. The van der Waals surface area contributed by atoms with Gasteiger partial charge >= 0.3 is 0 Å². The summed E-state index contributed by atoms with van der Waals surface area (Å²) in [6.45, 7) is 1.71. The number of rotatable bonds is 6. The number of carbonyl (C=O) groups excluding carboxylic acids is 1. The summed E-state index contributed by atoms with van der Waals surface area (Å²) in [7, 11) is 0. The molecule has 1 saturated heterocycles. The molecule has 1 atom stereocenters. The van der Waals surface area contributed by atoms with E-state index in [0.29, 0.717) is 12.3 Å². The Kier molecular flexibility index (Phi) is 6.12. The Morgan fingerprint density at radius 1 is 1.38 bits per heavy atom. The van der Waals surface area contributed by atoms with Crippen LogP contribution in [0.3, 0.4) is 0 Å². The molecule has 1 aliphatic heterocycles. The fourth-order valence-electron chi connectivity index (χ4n) is 3.10. The molecule has 1 aromatic carbocycles. The second kappa shape index (κ2) is 7.85. The van der Waals surface area contributed by atoms with Crippen LogP contribution in [0.15, 0.2) is 30.3 Å². The highest BCUT2D eigenvalue weighted by molar-refractivity contribution is 7.99. The largest absolute Gasteiger partial charge is 0.396 e. The minimum absolute atomic E-state index is 0.123. The Morgan fingerprint density at radius 3 is 2.81 bits per heavy atom. The Balaban J connectivity index is 1.97. The van der Waals surface area contributed by atoms with Gasteiger partial charge in [0.15, 0.2) is 0 Å².